The first-order chi connectivity index (χ1) is 16.0. The summed E-state index contributed by atoms with van der Waals surface area (Å²) in [5, 5.41) is 0. The summed E-state index contributed by atoms with van der Waals surface area (Å²) in [6, 6.07) is 0. The average molecular weight is 495 g/mol. The SMILES string of the molecule is CCC#CC#CCC(=O)OCC(COP(=O)(O)OCC[N+](C)(C)C)OC(=O)CC#CC#CCC. The van der Waals surface area contributed by atoms with Crippen molar-refractivity contribution in [3.63, 3.8) is 0 Å². The van der Waals surface area contributed by atoms with Crippen molar-refractivity contribution in [1.29, 1.82) is 0 Å². The number of carbonyl (C=O) groups excluding carboxylic acids is 2. The Balaban J connectivity index is 4.94. The number of esters is 2. The molecular weight excluding hydrogens is 461 g/mol. The summed E-state index contributed by atoms with van der Waals surface area (Å²) in [5.74, 6) is 19.3. The Morgan fingerprint density at radius 1 is 0.853 bits per heavy atom. The van der Waals surface area contributed by atoms with E-state index in [1.165, 1.54) is 0 Å². The van der Waals surface area contributed by atoms with Crippen LogP contribution in [-0.2, 0) is 32.7 Å². The van der Waals surface area contributed by atoms with Crippen LogP contribution in [0.5, 0.6) is 0 Å². The minimum absolute atomic E-state index is 0.0231. The van der Waals surface area contributed by atoms with Crippen LogP contribution in [0.4, 0.5) is 0 Å². The van der Waals surface area contributed by atoms with Crippen molar-refractivity contribution in [3.8, 4) is 47.4 Å². The molecule has 0 bridgehead atoms. The molecule has 1 N–H and O–H groups in total. The number of hydrogen-bond acceptors (Lipinski definition) is 7. The molecule has 0 aliphatic carbocycles. The maximum absolute atomic E-state index is 12.1. The molecular formula is C24H33NO8P+. The fourth-order valence-corrected chi connectivity index (χ4v) is 2.55. The van der Waals surface area contributed by atoms with Gasteiger partial charge in [-0.05, 0) is 23.7 Å². The molecule has 0 heterocycles. The topological polar surface area (TPSA) is 108 Å². The van der Waals surface area contributed by atoms with Crippen LogP contribution < -0.4 is 0 Å². The molecule has 0 fully saturated rings. The summed E-state index contributed by atoms with van der Waals surface area (Å²) in [4.78, 5) is 33.8. The van der Waals surface area contributed by atoms with Gasteiger partial charge in [-0.25, -0.2) is 4.57 Å². The Kier molecular flexibility index (Phi) is 16.3. The molecule has 0 aromatic carbocycles. The predicted octanol–water partition coefficient (Wildman–Crippen LogP) is 1.89. The zero-order valence-corrected chi connectivity index (χ0v) is 21.3. The molecule has 0 aromatic rings. The molecule has 186 valence electrons. The molecule has 0 aliphatic rings. The normalized spacial score (nSPS) is 12.5. The van der Waals surface area contributed by atoms with E-state index in [4.69, 9.17) is 18.5 Å². The zero-order chi connectivity index (χ0) is 25.9. The summed E-state index contributed by atoms with van der Waals surface area (Å²) < 4.78 is 32.7. The van der Waals surface area contributed by atoms with Gasteiger partial charge >= 0.3 is 19.8 Å². The van der Waals surface area contributed by atoms with Crippen molar-refractivity contribution in [1.82, 2.24) is 0 Å². The number of likely N-dealkylation sites (N-methyl/N-ethyl adjacent to an activating group) is 1. The highest BCUT2D eigenvalue weighted by atomic mass is 31.2. The third-order valence-electron chi connectivity index (χ3n) is 3.47. The lowest BCUT2D eigenvalue weighted by Crippen LogP contribution is -2.37. The van der Waals surface area contributed by atoms with Crippen LogP contribution in [0.1, 0.15) is 39.5 Å². The van der Waals surface area contributed by atoms with E-state index in [0.717, 1.165) is 0 Å². The lowest BCUT2D eigenvalue weighted by molar-refractivity contribution is -0.870. The molecule has 10 heteroatoms. The Hall–Kier alpha value is -2.75. The first-order valence-electron chi connectivity index (χ1n) is 10.7. The van der Waals surface area contributed by atoms with Gasteiger partial charge in [-0.1, -0.05) is 37.5 Å². The average Bonchev–Trinajstić information content (AvgIpc) is 2.74. The van der Waals surface area contributed by atoms with Crippen LogP contribution in [0.3, 0.4) is 0 Å². The van der Waals surface area contributed by atoms with E-state index in [2.05, 4.69) is 47.4 Å². The van der Waals surface area contributed by atoms with Gasteiger partial charge in [0.1, 0.15) is 32.6 Å². The van der Waals surface area contributed by atoms with Crippen molar-refractivity contribution in [3.05, 3.63) is 0 Å². The van der Waals surface area contributed by atoms with Gasteiger partial charge in [0.05, 0.1) is 27.7 Å². The molecule has 34 heavy (non-hydrogen) atoms. The summed E-state index contributed by atoms with van der Waals surface area (Å²) >= 11 is 0. The zero-order valence-electron chi connectivity index (χ0n) is 20.4. The van der Waals surface area contributed by atoms with Crippen LogP contribution in [0.15, 0.2) is 0 Å². The molecule has 0 spiro atoms. The summed E-state index contributed by atoms with van der Waals surface area (Å²) in [5.41, 5.74) is 0. The summed E-state index contributed by atoms with van der Waals surface area (Å²) in [7, 11) is 1.28. The van der Waals surface area contributed by atoms with E-state index in [-0.39, 0.29) is 19.4 Å². The second-order valence-corrected chi connectivity index (χ2v) is 9.13. The van der Waals surface area contributed by atoms with Gasteiger partial charge in [0.15, 0.2) is 6.10 Å². The molecule has 9 nitrogen and oxygen atoms in total. The highest BCUT2D eigenvalue weighted by Crippen LogP contribution is 2.43. The van der Waals surface area contributed by atoms with Crippen molar-refractivity contribution in [2.45, 2.75) is 45.6 Å². The van der Waals surface area contributed by atoms with Crippen molar-refractivity contribution in [2.75, 3.05) is 47.5 Å². The maximum Gasteiger partial charge on any atom is 0.472 e. The number of nitrogens with zero attached hydrogens (tertiary/aromatic N) is 1. The smallest absolute Gasteiger partial charge is 0.461 e. The molecule has 0 saturated heterocycles. The van der Waals surface area contributed by atoms with Gasteiger partial charge in [-0.2, -0.15) is 0 Å². The van der Waals surface area contributed by atoms with E-state index in [1.54, 1.807) is 0 Å². The summed E-state index contributed by atoms with van der Waals surface area (Å²) in [6.07, 6.45) is -0.349. The largest absolute Gasteiger partial charge is 0.472 e. The molecule has 0 rings (SSSR count). The lowest BCUT2D eigenvalue weighted by atomic mass is 10.3. The number of rotatable bonds is 12. The number of carbonyl (C=O) groups is 2. The van der Waals surface area contributed by atoms with Crippen LogP contribution >= 0.6 is 7.82 Å². The fraction of sp³-hybridized carbons (Fsp3) is 0.583. The van der Waals surface area contributed by atoms with Crippen LogP contribution in [0, 0.1) is 47.4 Å². The Morgan fingerprint density at radius 3 is 1.91 bits per heavy atom. The van der Waals surface area contributed by atoms with Gasteiger partial charge in [0.2, 0.25) is 0 Å². The highest BCUT2D eigenvalue weighted by Gasteiger charge is 2.26. The third kappa shape index (κ3) is 19.9. The number of quaternary nitrogens is 1. The number of phosphoric ester groups is 1. The second kappa shape index (κ2) is 17.7. The van der Waals surface area contributed by atoms with Crippen molar-refractivity contribution in [2.24, 2.45) is 0 Å². The van der Waals surface area contributed by atoms with Crippen molar-refractivity contribution >= 4 is 19.8 Å². The van der Waals surface area contributed by atoms with Gasteiger partial charge in [-0.3, -0.25) is 18.6 Å². The molecule has 0 radical (unpaired) electrons. The predicted molar refractivity (Wildman–Crippen MR) is 126 cm³/mol. The van der Waals surface area contributed by atoms with Gasteiger partial charge in [-0.15, -0.1) is 0 Å². The number of hydrogen-bond donors (Lipinski definition) is 1. The molecule has 2 unspecified atom stereocenters. The maximum atomic E-state index is 12.1. The first kappa shape index (κ1) is 31.2. The molecule has 0 saturated carbocycles. The monoisotopic (exact) mass is 494 g/mol. The van der Waals surface area contributed by atoms with Gasteiger partial charge < -0.3 is 18.9 Å². The standard InChI is InChI=1S/C24H32NO8P/c1-6-8-10-12-14-16-23(26)30-20-22(33-24(27)17-15-13-11-9-7-2)21-32-34(28,29)31-19-18-25(3,4)5/h22H,6-7,16-21H2,1-5H3/p+1. The first-order valence-corrected chi connectivity index (χ1v) is 12.2. The van der Waals surface area contributed by atoms with Gasteiger partial charge in [0.25, 0.3) is 0 Å². The Labute approximate surface area is 202 Å². The lowest BCUT2D eigenvalue weighted by Gasteiger charge is -2.24. The van der Waals surface area contributed by atoms with Crippen LogP contribution in [0.25, 0.3) is 0 Å². The number of phosphoric acid groups is 1. The minimum Gasteiger partial charge on any atom is -0.461 e. The Morgan fingerprint density at radius 2 is 1.38 bits per heavy atom. The van der Waals surface area contributed by atoms with Crippen molar-refractivity contribution < 1.29 is 42.1 Å². The minimum atomic E-state index is -4.41. The van der Waals surface area contributed by atoms with E-state index < -0.39 is 39.1 Å². The highest BCUT2D eigenvalue weighted by molar-refractivity contribution is 7.47. The summed E-state index contributed by atoms with van der Waals surface area (Å²) in [6.45, 7) is 3.24. The van der Waals surface area contributed by atoms with Gasteiger partial charge in [0, 0.05) is 12.8 Å². The number of ether oxygens (including phenoxy) is 2. The molecule has 0 aliphatic heterocycles. The van der Waals surface area contributed by atoms with Crippen LogP contribution in [-0.4, -0.2) is 74.9 Å². The molecule has 0 aromatic heterocycles. The van der Waals surface area contributed by atoms with Crippen LogP contribution in [0.2, 0.25) is 0 Å². The fourth-order valence-electron chi connectivity index (χ4n) is 1.81. The third-order valence-corrected chi connectivity index (χ3v) is 4.45. The second-order valence-electron chi connectivity index (χ2n) is 7.67. The molecule has 2 atom stereocenters. The van der Waals surface area contributed by atoms with E-state index in [0.29, 0.717) is 23.9 Å². The Bertz CT molecular complexity index is 954. The van der Waals surface area contributed by atoms with E-state index in [1.807, 2.05) is 35.0 Å². The van der Waals surface area contributed by atoms with E-state index >= 15 is 0 Å². The molecule has 0 amide bonds. The van der Waals surface area contributed by atoms with E-state index in [9.17, 15) is 19.0 Å². The quantitative estimate of drug-likeness (QED) is 0.190.